The van der Waals surface area contributed by atoms with Crippen LogP contribution in [-0.2, 0) is 15.6 Å². The van der Waals surface area contributed by atoms with Gasteiger partial charge in [0, 0.05) is 24.3 Å². The maximum Gasteiger partial charge on any atom is 0.255 e. The number of fused-ring (bicyclic) bond motifs is 1. The van der Waals surface area contributed by atoms with Crippen molar-refractivity contribution in [1.82, 2.24) is 5.32 Å². The lowest BCUT2D eigenvalue weighted by Gasteiger charge is -2.11. The lowest BCUT2D eigenvalue weighted by atomic mass is 9.95. The highest BCUT2D eigenvalue weighted by Gasteiger charge is 2.24. The van der Waals surface area contributed by atoms with E-state index in [1.165, 1.54) is 49.5 Å². The number of carbonyl (C=O) groups is 2. The van der Waals surface area contributed by atoms with Crippen molar-refractivity contribution < 1.29 is 31.2 Å². The smallest absolute Gasteiger partial charge is 0.255 e. The van der Waals surface area contributed by atoms with Gasteiger partial charge in [0.25, 0.3) is 11.8 Å². The molecule has 0 aliphatic carbocycles. The Balaban J connectivity index is 2.06. The molecule has 3 aromatic carbocycles. The van der Waals surface area contributed by atoms with Gasteiger partial charge in [0.2, 0.25) is 0 Å². The molecule has 0 aliphatic rings. The lowest BCUT2D eigenvalue weighted by Crippen LogP contribution is -2.18. The summed E-state index contributed by atoms with van der Waals surface area (Å²) in [5, 5.41) is 2.89. The zero-order chi connectivity index (χ0) is 25.5. The molecule has 4 rings (SSSR count). The zero-order valence-corrected chi connectivity index (χ0v) is 19.5. The minimum atomic E-state index is -3.52. The van der Waals surface area contributed by atoms with Crippen LogP contribution in [0.25, 0.3) is 33.4 Å². The highest BCUT2D eigenvalue weighted by Crippen LogP contribution is 2.38. The molecule has 10 heteroatoms. The molecule has 0 spiro atoms. The number of primary amides is 1. The predicted molar refractivity (Wildman–Crippen MR) is 127 cm³/mol. The summed E-state index contributed by atoms with van der Waals surface area (Å²) in [6.45, 7) is 0. The van der Waals surface area contributed by atoms with Crippen LogP contribution in [0.5, 0.6) is 0 Å². The Morgan fingerprint density at radius 2 is 1.66 bits per heavy atom. The molecular formula is C25H20F2N2O5S. The second-order valence-corrected chi connectivity index (χ2v) is 10.2. The molecule has 7 nitrogen and oxygen atoms in total. The van der Waals surface area contributed by atoms with E-state index in [0.717, 1.165) is 12.3 Å². The summed E-state index contributed by atoms with van der Waals surface area (Å²) in [4.78, 5) is 24.5. The molecule has 180 valence electrons. The Hall–Kier alpha value is -4.05. The maximum atomic E-state index is 14.1. The summed E-state index contributed by atoms with van der Waals surface area (Å²) in [6, 6.07) is 12.1. The zero-order valence-electron chi connectivity index (χ0n) is 18.7. The second-order valence-electron chi connectivity index (χ2n) is 8.03. The fraction of sp³-hybridized carbons (Fsp3) is 0.120. The van der Waals surface area contributed by atoms with E-state index in [2.05, 4.69) is 5.32 Å². The van der Waals surface area contributed by atoms with Crippen LogP contribution in [0.15, 0.2) is 59.0 Å². The van der Waals surface area contributed by atoms with E-state index in [1.54, 1.807) is 6.07 Å². The van der Waals surface area contributed by atoms with Gasteiger partial charge in [0.15, 0.2) is 9.84 Å². The first kappa shape index (κ1) is 24.1. The fourth-order valence-electron chi connectivity index (χ4n) is 3.89. The van der Waals surface area contributed by atoms with E-state index in [0.29, 0.717) is 27.6 Å². The topological polar surface area (TPSA) is 119 Å². The number of furan rings is 1. The van der Waals surface area contributed by atoms with Gasteiger partial charge < -0.3 is 15.5 Å². The van der Waals surface area contributed by atoms with Gasteiger partial charge in [-0.25, -0.2) is 17.2 Å². The minimum absolute atomic E-state index is 0.151. The van der Waals surface area contributed by atoms with Crippen LogP contribution in [0.4, 0.5) is 8.78 Å². The average Bonchev–Trinajstić information content (AvgIpc) is 3.16. The number of halogens is 2. The molecule has 4 aromatic rings. The first-order valence-electron chi connectivity index (χ1n) is 10.3. The van der Waals surface area contributed by atoms with E-state index >= 15 is 0 Å². The Morgan fingerprint density at radius 1 is 1.00 bits per heavy atom. The normalized spacial score (nSPS) is 11.5. The molecule has 0 fully saturated rings. The van der Waals surface area contributed by atoms with Crippen molar-refractivity contribution in [1.29, 1.82) is 0 Å². The number of nitrogens with one attached hydrogen (secondary N) is 1. The van der Waals surface area contributed by atoms with E-state index < -0.39 is 33.3 Å². The van der Waals surface area contributed by atoms with Crippen LogP contribution in [0.2, 0.25) is 0 Å². The number of amides is 2. The summed E-state index contributed by atoms with van der Waals surface area (Å²) in [5.41, 5.74) is 6.72. The van der Waals surface area contributed by atoms with Crippen molar-refractivity contribution in [2.45, 2.75) is 5.75 Å². The molecule has 0 saturated carbocycles. The van der Waals surface area contributed by atoms with Crippen molar-refractivity contribution in [3.05, 3.63) is 82.9 Å². The van der Waals surface area contributed by atoms with E-state index in [1.807, 2.05) is 0 Å². The summed E-state index contributed by atoms with van der Waals surface area (Å²) in [6.07, 6.45) is 1.06. The van der Waals surface area contributed by atoms with Crippen LogP contribution in [0, 0.1) is 11.6 Å². The summed E-state index contributed by atoms with van der Waals surface area (Å²) >= 11 is 0. The second kappa shape index (κ2) is 8.95. The van der Waals surface area contributed by atoms with Crippen LogP contribution < -0.4 is 11.1 Å². The highest BCUT2D eigenvalue weighted by molar-refractivity contribution is 7.89. The van der Waals surface area contributed by atoms with E-state index in [9.17, 15) is 26.8 Å². The van der Waals surface area contributed by atoms with Crippen molar-refractivity contribution in [2.75, 3.05) is 13.3 Å². The molecule has 0 aliphatic heterocycles. The number of benzene rings is 3. The summed E-state index contributed by atoms with van der Waals surface area (Å²) in [7, 11) is -2.08. The number of hydrogen-bond acceptors (Lipinski definition) is 5. The van der Waals surface area contributed by atoms with Crippen molar-refractivity contribution >= 4 is 32.6 Å². The SMILES string of the molecule is CNC(=O)c1c(-c2ccc(F)cc2)oc2cc(CS(C)(=O)=O)c(-c3ccc(F)c(C(N)=O)c3)cc12. The standard InChI is InChI=1S/C25H20F2N2O5S/c1-29-25(31)22-19-11-17(14-5-8-20(27)18(9-14)24(28)30)15(12-35(2,32)33)10-21(19)34-23(22)13-3-6-16(26)7-4-13/h3-11H,12H2,1-2H3,(H2,28,30)(H,29,31). The van der Waals surface area contributed by atoms with Gasteiger partial charge in [-0.15, -0.1) is 0 Å². The molecule has 1 heterocycles. The Morgan fingerprint density at radius 3 is 2.26 bits per heavy atom. The first-order valence-corrected chi connectivity index (χ1v) is 12.4. The molecule has 0 saturated heterocycles. The molecule has 1 aromatic heterocycles. The van der Waals surface area contributed by atoms with Gasteiger partial charge in [-0.2, -0.15) is 0 Å². The molecule has 3 N–H and O–H groups in total. The molecule has 35 heavy (non-hydrogen) atoms. The Kier molecular flexibility index (Phi) is 6.16. The van der Waals surface area contributed by atoms with Gasteiger partial charge in [-0.05, 0) is 65.2 Å². The van der Waals surface area contributed by atoms with Crippen LogP contribution in [0.3, 0.4) is 0 Å². The van der Waals surface area contributed by atoms with Gasteiger partial charge in [-0.3, -0.25) is 9.59 Å². The number of hydrogen-bond donors (Lipinski definition) is 2. The van der Waals surface area contributed by atoms with Crippen molar-refractivity contribution in [2.24, 2.45) is 5.73 Å². The largest absolute Gasteiger partial charge is 0.455 e. The van der Waals surface area contributed by atoms with Gasteiger partial charge in [0.1, 0.15) is 23.0 Å². The van der Waals surface area contributed by atoms with Crippen LogP contribution in [0.1, 0.15) is 26.3 Å². The van der Waals surface area contributed by atoms with Crippen LogP contribution >= 0.6 is 0 Å². The van der Waals surface area contributed by atoms with Crippen molar-refractivity contribution in [3.63, 3.8) is 0 Å². The van der Waals surface area contributed by atoms with Crippen LogP contribution in [-0.4, -0.2) is 33.5 Å². The third-order valence-electron chi connectivity index (χ3n) is 5.43. The molecule has 0 bridgehead atoms. The number of nitrogens with two attached hydrogens (primary N) is 1. The molecular weight excluding hydrogens is 478 g/mol. The van der Waals surface area contributed by atoms with E-state index in [-0.39, 0.29) is 28.2 Å². The number of sulfone groups is 1. The maximum absolute atomic E-state index is 14.1. The fourth-order valence-corrected chi connectivity index (χ4v) is 4.70. The number of carbonyl (C=O) groups excluding carboxylic acids is 2. The highest BCUT2D eigenvalue weighted by atomic mass is 32.2. The average molecular weight is 499 g/mol. The minimum Gasteiger partial charge on any atom is -0.455 e. The Bertz CT molecular complexity index is 1590. The third-order valence-corrected chi connectivity index (χ3v) is 6.27. The van der Waals surface area contributed by atoms with Gasteiger partial charge in [0.05, 0.1) is 16.9 Å². The lowest BCUT2D eigenvalue weighted by molar-refractivity contribution is 0.0962. The predicted octanol–water partition coefficient (Wildman–Crippen LogP) is 4.05. The third kappa shape index (κ3) is 4.78. The van der Waals surface area contributed by atoms with E-state index in [4.69, 9.17) is 10.2 Å². The molecule has 0 atom stereocenters. The quantitative estimate of drug-likeness (QED) is 0.416. The molecule has 0 unspecified atom stereocenters. The molecule has 0 radical (unpaired) electrons. The van der Waals surface area contributed by atoms with Crippen molar-refractivity contribution in [3.8, 4) is 22.5 Å². The molecule has 2 amide bonds. The summed E-state index contributed by atoms with van der Waals surface area (Å²) in [5.74, 6) is -2.97. The Labute approximate surface area is 199 Å². The van der Waals surface area contributed by atoms with Gasteiger partial charge >= 0.3 is 0 Å². The first-order chi connectivity index (χ1) is 16.5. The van der Waals surface area contributed by atoms with Gasteiger partial charge in [-0.1, -0.05) is 6.07 Å². The monoisotopic (exact) mass is 498 g/mol. The number of rotatable bonds is 6. The summed E-state index contributed by atoms with van der Waals surface area (Å²) < 4.78 is 57.9.